The third-order valence-corrected chi connectivity index (χ3v) is 2.81. The summed E-state index contributed by atoms with van der Waals surface area (Å²) in [6.45, 7) is 0. The van der Waals surface area contributed by atoms with E-state index >= 15 is 0 Å². The average molecular weight is 302 g/mol. The van der Waals surface area contributed by atoms with E-state index in [0.717, 1.165) is 12.3 Å². The maximum Gasteiger partial charge on any atom is 0.433 e. The number of hydrogen-bond donors (Lipinski definition) is 1. The highest BCUT2D eigenvalue weighted by Gasteiger charge is 2.32. The highest BCUT2D eigenvalue weighted by molar-refractivity contribution is 6.31. The van der Waals surface area contributed by atoms with E-state index in [1.54, 1.807) is 0 Å². The number of rotatable bonds is 2. The molecule has 0 atom stereocenters. The molecule has 0 spiro atoms. The molecule has 0 bridgehead atoms. The van der Waals surface area contributed by atoms with Crippen molar-refractivity contribution < 1.29 is 23.1 Å². The number of benzene rings is 1. The van der Waals surface area contributed by atoms with Gasteiger partial charge in [-0.3, -0.25) is 4.98 Å². The number of halogens is 4. The Bertz CT molecular complexity index is 654. The summed E-state index contributed by atoms with van der Waals surface area (Å²) in [4.78, 5) is 14.4. The number of carboxylic acid groups (broad SMARTS) is 1. The van der Waals surface area contributed by atoms with E-state index in [9.17, 15) is 18.0 Å². The molecule has 0 saturated heterocycles. The second-order valence-corrected chi connectivity index (χ2v) is 4.36. The van der Waals surface area contributed by atoms with Gasteiger partial charge in [0.15, 0.2) is 0 Å². The van der Waals surface area contributed by atoms with Crippen LogP contribution >= 0.6 is 11.6 Å². The zero-order valence-electron chi connectivity index (χ0n) is 9.78. The van der Waals surface area contributed by atoms with Gasteiger partial charge >= 0.3 is 12.1 Å². The molecule has 2 aromatic rings. The summed E-state index contributed by atoms with van der Waals surface area (Å²) in [5.74, 6) is -1.22. The van der Waals surface area contributed by atoms with Crippen LogP contribution in [0.3, 0.4) is 0 Å². The molecule has 0 saturated carbocycles. The Morgan fingerprint density at radius 2 is 1.90 bits per heavy atom. The van der Waals surface area contributed by atoms with Crippen LogP contribution in [0.4, 0.5) is 13.2 Å². The van der Waals surface area contributed by atoms with Gasteiger partial charge in [-0.1, -0.05) is 23.7 Å². The summed E-state index contributed by atoms with van der Waals surface area (Å²) in [5.41, 5.74) is -0.610. The van der Waals surface area contributed by atoms with Crippen LogP contribution in [-0.2, 0) is 6.18 Å². The van der Waals surface area contributed by atoms with Gasteiger partial charge in [0.1, 0.15) is 5.69 Å². The normalized spacial score (nSPS) is 11.4. The second kappa shape index (κ2) is 5.13. The zero-order chi connectivity index (χ0) is 14.9. The first kappa shape index (κ1) is 14.3. The van der Waals surface area contributed by atoms with E-state index in [0.29, 0.717) is 0 Å². The van der Waals surface area contributed by atoms with Gasteiger partial charge in [0.05, 0.1) is 5.56 Å². The van der Waals surface area contributed by atoms with Gasteiger partial charge in [-0.2, -0.15) is 13.2 Å². The molecule has 0 unspecified atom stereocenters. The Balaban J connectivity index is 2.50. The van der Waals surface area contributed by atoms with Crippen molar-refractivity contribution in [1.29, 1.82) is 0 Å². The van der Waals surface area contributed by atoms with Gasteiger partial charge in [-0.15, -0.1) is 0 Å². The van der Waals surface area contributed by atoms with Crippen molar-refractivity contribution >= 4 is 17.6 Å². The van der Waals surface area contributed by atoms with Crippen LogP contribution in [0.25, 0.3) is 11.1 Å². The Labute approximate surface area is 116 Å². The topological polar surface area (TPSA) is 50.2 Å². The highest BCUT2D eigenvalue weighted by Crippen LogP contribution is 2.30. The Morgan fingerprint density at radius 3 is 2.40 bits per heavy atom. The van der Waals surface area contributed by atoms with E-state index < -0.39 is 17.8 Å². The molecule has 2 rings (SSSR count). The van der Waals surface area contributed by atoms with Gasteiger partial charge in [-0.25, -0.2) is 4.79 Å². The second-order valence-electron chi connectivity index (χ2n) is 3.92. The van der Waals surface area contributed by atoms with E-state index in [2.05, 4.69) is 4.98 Å². The molecular formula is C13H7ClF3NO2. The average Bonchev–Trinajstić information content (AvgIpc) is 2.37. The van der Waals surface area contributed by atoms with Crippen molar-refractivity contribution in [1.82, 2.24) is 4.98 Å². The minimum Gasteiger partial charge on any atom is -0.478 e. The summed E-state index contributed by atoms with van der Waals surface area (Å²) in [7, 11) is 0. The number of aromatic carboxylic acids is 1. The lowest BCUT2D eigenvalue weighted by atomic mass is 10.0. The largest absolute Gasteiger partial charge is 0.478 e. The fraction of sp³-hybridized carbons (Fsp3) is 0.0769. The summed E-state index contributed by atoms with van der Waals surface area (Å²) < 4.78 is 37.2. The molecule has 0 fully saturated rings. The van der Waals surface area contributed by atoms with E-state index in [1.807, 2.05) is 0 Å². The zero-order valence-corrected chi connectivity index (χ0v) is 10.5. The fourth-order valence-electron chi connectivity index (χ4n) is 1.67. The van der Waals surface area contributed by atoms with Crippen LogP contribution in [0, 0.1) is 0 Å². The highest BCUT2D eigenvalue weighted by atomic mass is 35.5. The third kappa shape index (κ3) is 2.91. The monoisotopic (exact) mass is 301 g/mol. The van der Waals surface area contributed by atoms with Crippen molar-refractivity contribution in [2.75, 3.05) is 0 Å². The molecule has 7 heteroatoms. The van der Waals surface area contributed by atoms with Gasteiger partial charge in [0.25, 0.3) is 0 Å². The molecule has 1 aromatic heterocycles. The van der Waals surface area contributed by atoms with Crippen molar-refractivity contribution in [3.63, 3.8) is 0 Å². The molecule has 0 aliphatic heterocycles. The molecule has 0 amide bonds. The first-order valence-corrected chi connectivity index (χ1v) is 5.73. The van der Waals surface area contributed by atoms with Crippen molar-refractivity contribution in [3.8, 4) is 11.1 Å². The number of carbonyl (C=O) groups is 1. The van der Waals surface area contributed by atoms with Gasteiger partial charge < -0.3 is 5.11 Å². The van der Waals surface area contributed by atoms with Crippen LogP contribution in [-0.4, -0.2) is 16.1 Å². The number of pyridine rings is 1. The van der Waals surface area contributed by atoms with E-state index in [1.165, 1.54) is 24.3 Å². The maximum absolute atomic E-state index is 12.4. The molecule has 0 aliphatic rings. The van der Waals surface area contributed by atoms with Crippen molar-refractivity contribution in [2.24, 2.45) is 0 Å². The maximum atomic E-state index is 12.4. The SMILES string of the molecule is O=C(O)c1cc(Cl)ccc1-c1ccc(C(F)(F)F)nc1. The summed E-state index contributed by atoms with van der Waals surface area (Å²) in [6.07, 6.45) is -3.55. The van der Waals surface area contributed by atoms with Crippen LogP contribution in [0.2, 0.25) is 5.02 Å². The Kier molecular flexibility index (Phi) is 3.67. The summed E-state index contributed by atoms with van der Waals surface area (Å²) in [6, 6.07) is 6.09. The third-order valence-electron chi connectivity index (χ3n) is 2.58. The summed E-state index contributed by atoms with van der Waals surface area (Å²) in [5, 5.41) is 9.30. The summed E-state index contributed by atoms with van der Waals surface area (Å²) >= 11 is 5.71. The molecule has 0 aliphatic carbocycles. The lowest BCUT2D eigenvalue weighted by Gasteiger charge is -2.09. The predicted molar refractivity (Wildman–Crippen MR) is 66.6 cm³/mol. The van der Waals surface area contributed by atoms with E-state index in [-0.39, 0.29) is 21.7 Å². The number of nitrogens with zero attached hydrogens (tertiary/aromatic N) is 1. The molecule has 0 radical (unpaired) electrons. The molecule has 3 nitrogen and oxygen atoms in total. The number of carboxylic acids is 1. The lowest BCUT2D eigenvalue weighted by molar-refractivity contribution is -0.141. The molecule has 104 valence electrons. The minimum absolute atomic E-state index is 0.0981. The Morgan fingerprint density at radius 1 is 1.20 bits per heavy atom. The first-order chi connectivity index (χ1) is 9.29. The smallest absolute Gasteiger partial charge is 0.433 e. The van der Waals surface area contributed by atoms with Crippen LogP contribution in [0.1, 0.15) is 16.1 Å². The van der Waals surface area contributed by atoms with Gasteiger partial charge in [0.2, 0.25) is 0 Å². The quantitative estimate of drug-likeness (QED) is 0.907. The Hall–Kier alpha value is -2.08. The molecule has 1 aromatic carbocycles. The number of hydrogen-bond acceptors (Lipinski definition) is 2. The standard InChI is InChI=1S/C13H7ClF3NO2/c14-8-2-3-9(10(5-8)12(19)20)7-1-4-11(18-6-7)13(15,16)17/h1-6H,(H,19,20). The molecule has 1 N–H and O–H groups in total. The first-order valence-electron chi connectivity index (χ1n) is 5.35. The number of alkyl halides is 3. The van der Waals surface area contributed by atoms with Crippen molar-refractivity contribution in [3.05, 3.63) is 52.8 Å². The lowest BCUT2D eigenvalue weighted by Crippen LogP contribution is -2.07. The molecule has 20 heavy (non-hydrogen) atoms. The number of aromatic nitrogens is 1. The molecule has 1 heterocycles. The van der Waals surface area contributed by atoms with Gasteiger partial charge in [-0.05, 0) is 23.8 Å². The predicted octanol–water partition coefficient (Wildman–Crippen LogP) is 4.12. The van der Waals surface area contributed by atoms with Gasteiger partial charge in [0, 0.05) is 16.8 Å². The van der Waals surface area contributed by atoms with Crippen LogP contribution in [0.15, 0.2) is 36.5 Å². The van der Waals surface area contributed by atoms with Crippen LogP contribution < -0.4 is 0 Å². The van der Waals surface area contributed by atoms with E-state index in [4.69, 9.17) is 16.7 Å². The molecular weight excluding hydrogens is 295 g/mol. The van der Waals surface area contributed by atoms with Crippen LogP contribution in [0.5, 0.6) is 0 Å². The fourth-order valence-corrected chi connectivity index (χ4v) is 1.84. The minimum atomic E-state index is -4.53. The van der Waals surface area contributed by atoms with Crippen molar-refractivity contribution in [2.45, 2.75) is 6.18 Å².